The van der Waals surface area contributed by atoms with Gasteiger partial charge in [0.1, 0.15) is 11.4 Å². The molecule has 2 aromatic rings. The fraction of sp³-hybridized carbons (Fsp3) is 0.480. The van der Waals surface area contributed by atoms with Gasteiger partial charge in [0.25, 0.3) is 5.91 Å². The molecule has 0 aliphatic rings. The summed E-state index contributed by atoms with van der Waals surface area (Å²) in [4.78, 5) is 40.9. The fourth-order valence-corrected chi connectivity index (χ4v) is 3.87. The Hall–Kier alpha value is -3.09. The summed E-state index contributed by atoms with van der Waals surface area (Å²) in [5, 5.41) is 0. The minimum atomic E-state index is -0.710. The van der Waals surface area contributed by atoms with E-state index in [1.807, 2.05) is 0 Å². The van der Waals surface area contributed by atoms with Crippen LogP contribution in [0.5, 0.6) is 5.75 Å². The van der Waals surface area contributed by atoms with E-state index < -0.39 is 12.0 Å². The lowest BCUT2D eigenvalue weighted by molar-refractivity contribution is 0.0587. The van der Waals surface area contributed by atoms with Crippen LogP contribution in [0.2, 0.25) is 0 Å². The molecule has 0 saturated carbocycles. The molecule has 0 saturated heterocycles. The van der Waals surface area contributed by atoms with Gasteiger partial charge in [-0.15, -0.1) is 0 Å². The van der Waals surface area contributed by atoms with Crippen molar-refractivity contribution in [2.75, 3.05) is 20.8 Å². The number of benzene rings is 1. The molecule has 1 unspecified atom stereocenters. The zero-order valence-corrected chi connectivity index (χ0v) is 20.3. The van der Waals surface area contributed by atoms with Crippen LogP contribution in [0, 0.1) is 19.8 Å². The van der Waals surface area contributed by atoms with Crippen molar-refractivity contribution < 1.29 is 23.9 Å². The molecule has 1 aromatic carbocycles. The SMILES string of the molecule is COC(=O)c1c(C)c(C(=O)C(C)N(CCC(C)C)C(=O)c2cccc(OC)c2)c(C)n1C. The maximum absolute atomic E-state index is 13.6. The molecule has 1 heterocycles. The summed E-state index contributed by atoms with van der Waals surface area (Å²) >= 11 is 0. The van der Waals surface area contributed by atoms with E-state index in [0.29, 0.717) is 46.3 Å². The van der Waals surface area contributed by atoms with Gasteiger partial charge in [0, 0.05) is 30.4 Å². The monoisotopic (exact) mass is 442 g/mol. The second-order valence-corrected chi connectivity index (χ2v) is 8.44. The number of methoxy groups -OCH3 is 2. The van der Waals surface area contributed by atoms with Gasteiger partial charge in [-0.2, -0.15) is 0 Å². The molecule has 7 heteroatoms. The highest BCUT2D eigenvalue weighted by Crippen LogP contribution is 2.26. The summed E-state index contributed by atoms with van der Waals surface area (Å²) in [6.07, 6.45) is 0.757. The largest absolute Gasteiger partial charge is 0.497 e. The Morgan fingerprint density at radius 1 is 1.09 bits per heavy atom. The van der Waals surface area contributed by atoms with E-state index in [4.69, 9.17) is 9.47 Å². The Labute approximate surface area is 190 Å². The van der Waals surface area contributed by atoms with Crippen molar-refractivity contribution in [1.82, 2.24) is 9.47 Å². The number of nitrogens with zero attached hydrogens (tertiary/aromatic N) is 2. The normalized spacial score (nSPS) is 11.9. The minimum absolute atomic E-state index is 0.203. The molecule has 0 fully saturated rings. The smallest absolute Gasteiger partial charge is 0.354 e. The van der Waals surface area contributed by atoms with E-state index in [0.717, 1.165) is 6.42 Å². The third-order valence-electron chi connectivity index (χ3n) is 5.93. The van der Waals surface area contributed by atoms with Crippen molar-refractivity contribution in [3.63, 3.8) is 0 Å². The van der Waals surface area contributed by atoms with Crippen LogP contribution in [0.25, 0.3) is 0 Å². The zero-order valence-electron chi connectivity index (χ0n) is 20.3. The van der Waals surface area contributed by atoms with Crippen LogP contribution >= 0.6 is 0 Å². The first kappa shape index (κ1) is 25.2. The van der Waals surface area contributed by atoms with Crippen LogP contribution in [-0.4, -0.2) is 53.9 Å². The van der Waals surface area contributed by atoms with Crippen LogP contribution in [0.1, 0.15) is 69.7 Å². The van der Waals surface area contributed by atoms with Gasteiger partial charge < -0.3 is 18.9 Å². The molecule has 32 heavy (non-hydrogen) atoms. The van der Waals surface area contributed by atoms with E-state index in [1.165, 1.54) is 7.11 Å². The topological polar surface area (TPSA) is 77.8 Å². The average molecular weight is 443 g/mol. The summed E-state index contributed by atoms with van der Waals surface area (Å²) in [6, 6.07) is 6.22. The third-order valence-corrected chi connectivity index (χ3v) is 5.93. The zero-order chi connectivity index (χ0) is 24.2. The van der Waals surface area contributed by atoms with Crippen LogP contribution < -0.4 is 4.74 Å². The van der Waals surface area contributed by atoms with Crippen LogP contribution in [0.15, 0.2) is 24.3 Å². The fourth-order valence-electron chi connectivity index (χ4n) is 3.87. The summed E-state index contributed by atoms with van der Waals surface area (Å²) in [5.41, 5.74) is 2.48. The van der Waals surface area contributed by atoms with Crippen molar-refractivity contribution in [2.45, 2.75) is 47.1 Å². The number of carbonyl (C=O) groups excluding carboxylic acids is 3. The number of ether oxygens (including phenoxy) is 2. The molecule has 0 radical (unpaired) electrons. The van der Waals surface area contributed by atoms with Crippen molar-refractivity contribution in [3.8, 4) is 5.75 Å². The standard InChI is InChI=1S/C25H34N2O5/c1-15(2)12-13-27(24(29)19-10-9-11-20(14-19)31-7)18(5)23(28)21-16(3)22(25(30)32-8)26(6)17(21)4/h9-11,14-15,18H,12-13H2,1-8H3. The predicted molar refractivity (Wildman–Crippen MR) is 124 cm³/mol. The molecule has 7 nitrogen and oxygen atoms in total. The van der Waals surface area contributed by atoms with Gasteiger partial charge in [0.05, 0.1) is 20.3 Å². The molecule has 1 amide bonds. The van der Waals surface area contributed by atoms with Gasteiger partial charge in [0.15, 0.2) is 5.78 Å². The van der Waals surface area contributed by atoms with Crippen molar-refractivity contribution in [2.24, 2.45) is 13.0 Å². The van der Waals surface area contributed by atoms with Crippen molar-refractivity contribution >= 4 is 17.7 Å². The number of hydrogen-bond donors (Lipinski definition) is 0. The van der Waals surface area contributed by atoms with Crippen LogP contribution in [-0.2, 0) is 11.8 Å². The maximum atomic E-state index is 13.6. The van der Waals surface area contributed by atoms with Gasteiger partial charge in [-0.05, 0) is 56.9 Å². The van der Waals surface area contributed by atoms with Gasteiger partial charge in [-0.3, -0.25) is 9.59 Å². The molecule has 174 valence electrons. The van der Waals surface area contributed by atoms with Crippen molar-refractivity contribution in [1.29, 1.82) is 0 Å². The number of aromatic nitrogens is 1. The lowest BCUT2D eigenvalue weighted by Crippen LogP contribution is -2.44. The molecular formula is C25H34N2O5. The van der Waals surface area contributed by atoms with Gasteiger partial charge in [-0.1, -0.05) is 19.9 Å². The number of amides is 1. The number of ketones is 1. The highest BCUT2D eigenvalue weighted by atomic mass is 16.5. The van der Waals surface area contributed by atoms with E-state index in [1.54, 1.807) is 68.7 Å². The van der Waals surface area contributed by atoms with E-state index in [-0.39, 0.29) is 11.7 Å². The molecule has 0 spiro atoms. The molecule has 2 rings (SSSR count). The number of esters is 1. The second-order valence-electron chi connectivity index (χ2n) is 8.44. The number of Topliss-reactive ketones (excluding diaryl/α,β-unsaturated/α-hetero) is 1. The summed E-state index contributed by atoms with van der Waals surface area (Å²) in [6.45, 7) is 9.87. The Morgan fingerprint density at radius 2 is 1.75 bits per heavy atom. The summed E-state index contributed by atoms with van der Waals surface area (Å²) in [5.74, 6) is 0.0136. The van der Waals surface area contributed by atoms with E-state index >= 15 is 0 Å². The molecule has 0 aliphatic carbocycles. The number of hydrogen-bond acceptors (Lipinski definition) is 5. The Bertz CT molecular complexity index is 1010. The highest BCUT2D eigenvalue weighted by molar-refractivity contribution is 6.07. The molecule has 1 aromatic heterocycles. The Morgan fingerprint density at radius 3 is 2.31 bits per heavy atom. The lowest BCUT2D eigenvalue weighted by atomic mass is 9.98. The first-order chi connectivity index (χ1) is 15.0. The molecular weight excluding hydrogens is 408 g/mol. The summed E-state index contributed by atoms with van der Waals surface area (Å²) < 4.78 is 11.8. The van der Waals surface area contributed by atoms with Gasteiger partial charge in [0.2, 0.25) is 0 Å². The van der Waals surface area contributed by atoms with E-state index in [9.17, 15) is 14.4 Å². The minimum Gasteiger partial charge on any atom is -0.497 e. The average Bonchev–Trinajstić information content (AvgIpc) is 3.00. The quantitative estimate of drug-likeness (QED) is 0.430. The molecule has 1 atom stereocenters. The highest BCUT2D eigenvalue weighted by Gasteiger charge is 2.32. The summed E-state index contributed by atoms with van der Waals surface area (Å²) in [7, 11) is 4.59. The Balaban J connectivity index is 2.48. The first-order valence-corrected chi connectivity index (χ1v) is 10.8. The Kier molecular flexibility index (Phi) is 8.25. The maximum Gasteiger partial charge on any atom is 0.354 e. The molecule has 0 aliphatic heterocycles. The lowest BCUT2D eigenvalue weighted by Gasteiger charge is -2.29. The van der Waals surface area contributed by atoms with Crippen molar-refractivity contribution in [3.05, 3.63) is 52.3 Å². The van der Waals surface area contributed by atoms with E-state index in [2.05, 4.69) is 13.8 Å². The van der Waals surface area contributed by atoms with Crippen LogP contribution in [0.4, 0.5) is 0 Å². The second kappa shape index (κ2) is 10.5. The third kappa shape index (κ3) is 5.03. The number of rotatable bonds is 9. The first-order valence-electron chi connectivity index (χ1n) is 10.8. The predicted octanol–water partition coefficient (Wildman–Crippen LogP) is 4.20. The van der Waals surface area contributed by atoms with Crippen LogP contribution in [0.3, 0.4) is 0 Å². The molecule has 0 bridgehead atoms. The number of carbonyl (C=O) groups is 3. The van der Waals surface area contributed by atoms with Gasteiger partial charge >= 0.3 is 5.97 Å². The van der Waals surface area contributed by atoms with Gasteiger partial charge in [-0.25, -0.2) is 4.79 Å². The molecule has 0 N–H and O–H groups in total.